The van der Waals surface area contributed by atoms with Gasteiger partial charge in [0.25, 0.3) is 0 Å². The summed E-state index contributed by atoms with van der Waals surface area (Å²) < 4.78 is 17.8. The third kappa shape index (κ3) is 4.16. The second-order valence-corrected chi connectivity index (χ2v) is 4.97. The molecular formula is C14H13FN2O3S. The highest BCUT2D eigenvalue weighted by Crippen LogP contribution is 2.23. The van der Waals surface area contributed by atoms with Crippen LogP contribution in [0.1, 0.15) is 22.8 Å². The monoisotopic (exact) mass is 308 g/mol. The van der Waals surface area contributed by atoms with Gasteiger partial charge in [0.1, 0.15) is 11.4 Å². The summed E-state index contributed by atoms with van der Waals surface area (Å²) in [7, 11) is 0. The van der Waals surface area contributed by atoms with E-state index in [9.17, 15) is 14.3 Å². The normalized spacial score (nSPS) is 10.4. The van der Waals surface area contributed by atoms with Gasteiger partial charge in [-0.2, -0.15) is 4.98 Å². The molecule has 0 atom stereocenters. The molecule has 0 radical (unpaired) electrons. The number of halogens is 1. The van der Waals surface area contributed by atoms with Gasteiger partial charge in [0.15, 0.2) is 5.16 Å². The first kappa shape index (κ1) is 15.2. The summed E-state index contributed by atoms with van der Waals surface area (Å²) >= 11 is 1.23. The van der Waals surface area contributed by atoms with E-state index in [-0.39, 0.29) is 18.0 Å². The van der Waals surface area contributed by atoms with Gasteiger partial charge in [-0.3, -0.25) is 0 Å². The van der Waals surface area contributed by atoms with Gasteiger partial charge < -0.3 is 9.84 Å². The number of hydrogen-bond donors (Lipinski definition) is 1. The van der Waals surface area contributed by atoms with Gasteiger partial charge in [0.2, 0.25) is 5.88 Å². The maximum atomic E-state index is 13.0. The van der Waals surface area contributed by atoms with Crippen molar-refractivity contribution in [1.29, 1.82) is 0 Å². The summed E-state index contributed by atoms with van der Waals surface area (Å²) in [6.07, 6.45) is 1.22. The number of benzene rings is 1. The number of esters is 1. The molecule has 110 valence electrons. The van der Waals surface area contributed by atoms with Crippen LogP contribution < -0.4 is 0 Å². The van der Waals surface area contributed by atoms with Crippen LogP contribution in [0.2, 0.25) is 0 Å². The molecule has 1 aromatic heterocycles. The standard InChI is InChI=1S/C14H13FN2O3S/c1-2-20-13(19)11-7-16-14(17-12(11)18)21-8-9-4-3-5-10(15)6-9/h3-7H,2,8H2,1H3,(H,16,17,18). The predicted molar refractivity (Wildman–Crippen MR) is 75.6 cm³/mol. The van der Waals surface area contributed by atoms with E-state index in [1.54, 1.807) is 19.1 Å². The van der Waals surface area contributed by atoms with Crippen molar-refractivity contribution in [3.63, 3.8) is 0 Å². The van der Waals surface area contributed by atoms with Gasteiger partial charge in [-0.05, 0) is 24.6 Å². The van der Waals surface area contributed by atoms with E-state index < -0.39 is 11.8 Å². The molecule has 0 aliphatic carbocycles. The van der Waals surface area contributed by atoms with Crippen LogP contribution in [0.25, 0.3) is 0 Å². The maximum absolute atomic E-state index is 13.0. The Morgan fingerprint density at radius 3 is 2.95 bits per heavy atom. The molecular weight excluding hydrogens is 295 g/mol. The zero-order valence-electron chi connectivity index (χ0n) is 11.2. The number of nitrogens with zero attached hydrogens (tertiary/aromatic N) is 2. The summed E-state index contributed by atoms with van der Waals surface area (Å²) in [6, 6.07) is 6.18. The van der Waals surface area contributed by atoms with Crippen molar-refractivity contribution in [3.8, 4) is 5.88 Å². The van der Waals surface area contributed by atoms with Crippen LogP contribution in [0.5, 0.6) is 5.88 Å². The average molecular weight is 308 g/mol. The molecule has 1 N–H and O–H groups in total. The lowest BCUT2D eigenvalue weighted by molar-refractivity contribution is 0.0521. The first-order chi connectivity index (χ1) is 10.1. The van der Waals surface area contributed by atoms with Crippen LogP contribution in [-0.2, 0) is 10.5 Å². The highest BCUT2D eigenvalue weighted by molar-refractivity contribution is 7.98. The summed E-state index contributed by atoms with van der Waals surface area (Å²) in [5.41, 5.74) is 0.699. The lowest BCUT2D eigenvalue weighted by Gasteiger charge is -2.05. The Morgan fingerprint density at radius 1 is 1.48 bits per heavy atom. The molecule has 0 saturated carbocycles. The number of carbonyl (C=O) groups is 1. The van der Waals surface area contributed by atoms with E-state index in [1.165, 1.54) is 30.1 Å². The number of aromatic hydroxyl groups is 1. The molecule has 5 nitrogen and oxygen atoms in total. The number of rotatable bonds is 5. The third-order valence-corrected chi connectivity index (χ3v) is 3.43. The fraction of sp³-hybridized carbons (Fsp3) is 0.214. The number of carbonyl (C=O) groups excluding carboxylic acids is 1. The summed E-state index contributed by atoms with van der Waals surface area (Å²) in [6.45, 7) is 1.87. The lowest BCUT2D eigenvalue weighted by atomic mass is 10.2. The molecule has 2 aromatic rings. The first-order valence-electron chi connectivity index (χ1n) is 6.20. The summed E-state index contributed by atoms with van der Waals surface area (Å²) in [5.74, 6) is -0.952. The SMILES string of the molecule is CCOC(=O)c1cnc(SCc2cccc(F)c2)nc1O. The van der Waals surface area contributed by atoms with E-state index >= 15 is 0 Å². The number of aromatic nitrogens is 2. The fourth-order valence-corrected chi connectivity index (χ4v) is 2.31. The fourth-order valence-electron chi connectivity index (χ4n) is 1.55. The molecule has 2 rings (SSSR count). The maximum Gasteiger partial charge on any atom is 0.345 e. The van der Waals surface area contributed by atoms with Gasteiger partial charge >= 0.3 is 5.97 Å². The molecule has 21 heavy (non-hydrogen) atoms. The average Bonchev–Trinajstić information content (AvgIpc) is 2.45. The molecule has 0 fully saturated rings. The molecule has 0 aliphatic heterocycles. The van der Waals surface area contributed by atoms with Crippen molar-refractivity contribution in [1.82, 2.24) is 9.97 Å². The minimum atomic E-state index is -0.670. The molecule has 0 aliphatic rings. The number of ether oxygens (including phenoxy) is 1. The van der Waals surface area contributed by atoms with Gasteiger partial charge in [-0.25, -0.2) is 14.2 Å². The molecule has 1 aromatic carbocycles. The third-order valence-electron chi connectivity index (χ3n) is 2.50. The lowest BCUT2D eigenvalue weighted by Crippen LogP contribution is -2.06. The Hall–Kier alpha value is -2.15. The van der Waals surface area contributed by atoms with Crippen LogP contribution in [0.3, 0.4) is 0 Å². The van der Waals surface area contributed by atoms with E-state index in [0.717, 1.165) is 5.56 Å². The van der Waals surface area contributed by atoms with E-state index in [2.05, 4.69) is 9.97 Å². The van der Waals surface area contributed by atoms with Crippen molar-refractivity contribution in [3.05, 3.63) is 47.4 Å². The number of hydrogen-bond acceptors (Lipinski definition) is 6. The Morgan fingerprint density at radius 2 is 2.29 bits per heavy atom. The Labute approximate surface area is 125 Å². The highest BCUT2D eigenvalue weighted by Gasteiger charge is 2.15. The quantitative estimate of drug-likeness (QED) is 0.520. The molecule has 0 unspecified atom stereocenters. The summed E-state index contributed by atoms with van der Waals surface area (Å²) in [4.78, 5) is 19.3. The predicted octanol–water partition coefficient (Wildman–Crippen LogP) is 2.79. The summed E-state index contributed by atoms with van der Waals surface area (Å²) in [5, 5.41) is 10.0. The second kappa shape index (κ2) is 7.03. The van der Waals surface area contributed by atoms with Crippen molar-refractivity contribution < 1.29 is 19.0 Å². The van der Waals surface area contributed by atoms with Crippen LogP contribution in [0.4, 0.5) is 4.39 Å². The van der Waals surface area contributed by atoms with Crippen LogP contribution in [0, 0.1) is 5.82 Å². The molecule has 0 saturated heterocycles. The zero-order valence-corrected chi connectivity index (χ0v) is 12.1. The minimum Gasteiger partial charge on any atom is -0.493 e. The molecule has 1 heterocycles. The first-order valence-corrected chi connectivity index (χ1v) is 7.19. The van der Waals surface area contributed by atoms with Crippen molar-refractivity contribution in [2.75, 3.05) is 6.61 Å². The number of thioether (sulfide) groups is 1. The van der Waals surface area contributed by atoms with Crippen molar-refractivity contribution in [2.45, 2.75) is 17.8 Å². The topological polar surface area (TPSA) is 72.3 Å². The second-order valence-electron chi connectivity index (χ2n) is 4.03. The van der Waals surface area contributed by atoms with E-state index in [4.69, 9.17) is 4.74 Å². The van der Waals surface area contributed by atoms with E-state index in [0.29, 0.717) is 10.9 Å². The largest absolute Gasteiger partial charge is 0.493 e. The van der Waals surface area contributed by atoms with Crippen molar-refractivity contribution >= 4 is 17.7 Å². The van der Waals surface area contributed by atoms with Gasteiger partial charge in [-0.15, -0.1) is 0 Å². The zero-order chi connectivity index (χ0) is 15.2. The Kier molecular flexibility index (Phi) is 5.10. The Balaban J connectivity index is 2.05. The Bertz CT molecular complexity index is 652. The smallest absolute Gasteiger partial charge is 0.345 e. The molecule has 0 spiro atoms. The van der Waals surface area contributed by atoms with Gasteiger partial charge in [-0.1, -0.05) is 23.9 Å². The van der Waals surface area contributed by atoms with Gasteiger partial charge in [0.05, 0.1) is 6.61 Å². The van der Waals surface area contributed by atoms with Crippen LogP contribution in [-0.4, -0.2) is 27.7 Å². The molecule has 7 heteroatoms. The molecule has 0 amide bonds. The van der Waals surface area contributed by atoms with Gasteiger partial charge in [0, 0.05) is 11.9 Å². The van der Waals surface area contributed by atoms with Crippen LogP contribution in [0.15, 0.2) is 35.6 Å². The van der Waals surface area contributed by atoms with Crippen molar-refractivity contribution in [2.24, 2.45) is 0 Å². The highest BCUT2D eigenvalue weighted by atomic mass is 32.2. The van der Waals surface area contributed by atoms with Crippen LogP contribution >= 0.6 is 11.8 Å². The van der Waals surface area contributed by atoms with E-state index in [1.807, 2.05) is 0 Å². The molecule has 0 bridgehead atoms. The minimum absolute atomic E-state index is 0.0769.